The van der Waals surface area contributed by atoms with Gasteiger partial charge in [-0.3, -0.25) is 0 Å². The molecule has 1 saturated carbocycles. The third kappa shape index (κ3) is 3.07. The summed E-state index contributed by atoms with van der Waals surface area (Å²) in [6.45, 7) is 3.31. The van der Waals surface area contributed by atoms with Crippen molar-refractivity contribution in [2.24, 2.45) is 0 Å². The van der Waals surface area contributed by atoms with Crippen LogP contribution in [0.25, 0.3) is 0 Å². The first-order valence-corrected chi connectivity index (χ1v) is 9.39. The van der Waals surface area contributed by atoms with Crippen LogP contribution in [0.15, 0.2) is 24.3 Å². The van der Waals surface area contributed by atoms with Crippen molar-refractivity contribution in [3.05, 3.63) is 35.4 Å². The summed E-state index contributed by atoms with van der Waals surface area (Å²) >= 11 is 2.19. The first kappa shape index (κ1) is 14.5. The molecule has 3 rings (SSSR count). The molecule has 1 aliphatic heterocycles. The average Bonchev–Trinajstić information content (AvgIpc) is 2.45. The molecule has 2 heteroatoms. The molecule has 1 N–H and O–H groups in total. The molecule has 2 fully saturated rings. The normalized spacial score (nSPS) is 25.1. The van der Waals surface area contributed by atoms with Crippen LogP contribution >= 0.6 is 11.8 Å². The summed E-state index contributed by atoms with van der Waals surface area (Å²) in [4.78, 5) is 0. The Kier molecular flexibility index (Phi) is 5.06. The van der Waals surface area contributed by atoms with Crippen LogP contribution < -0.4 is 5.32 Å². The highest BCUT2D eigenvalue weighted by molar-refractivity contribution is 8.00. The maximum absolute atomic E-state index is 3.79. The second-order valence-corrected chi connectivity index (χ2v) is 7.54. The molecule has 1 aliphatic carbocycles. The van der Waals surface area contributed by atoms with Crippen molar-refractivity contribution in [1.29, 1.82) is 0 Å². The Morgan fingerprint density at radius 1 is 1.15 bits per heavy atom. The second kappa shape index (κ2) is 7.00. The Labute approximate surface area is 127 Å². The largest absolute Gasteiger partial charge is 0.309 e. The van der Waals surface area contributed by atoms with Crippen LogP contribution in [0.1, 0.15) is 68.5 Å². The summed E-state index contributed by atoms with van der Waals surface area (Å²) in [5.74, 6) is 2.18. The highest BCUT2D eigenvalue weighted by atomic mass is 32.2. The van der Waals surface area contributed by atoms with Gasteiger partial charge in [-0.15, -0.1) is 0 Å². The van der Waals surface area contributed by atoms with E-state index >= 15 is 0 Å². The predicted molar refractivity (Wildman–Crippen MR) is 89.5 cm³/mol. The summed E-state index contributed by atoms with van der Waals surface area (Å²) in [5.41, 5.74) is 3.23. The van der Waals surface area contributed by atoms with Crippen molar-refractivity contribution in [2.75, 3.05) is 12.3 Å². The van der Waals surface area contributed by atoms with E-state index in [2.05, 4.69) is 48.3 Å². The lowest BCUT2D eigenvalue weighted by Gasteiger charge is -2.35. The van der Waals surface area contributed by atoms with Crippen LogP contribution in [-0.4, -0.2) is 17.5 Å². The van der Waals surface area contributed by atoms with E-state index in [4.69, 9.17) is 0 Å². The maximum atomic E-state index is 3.79. The summed E-state index contributed by atoms with van der Waals surface area (Å²) in [5, 5.41) is 4.56. The van der Waals surface area contributed by atoms with Gasteiger partial charge < -0.3 is 5.32 Å². The van der Waals surface area contributed by atoms with Gasteiger partial charge >= 0.3 is 0 Å². The lowest BCUT2D eigenvalue weighted by atomic mass is 9.76. The van der Waals surface area contributed by atoms with Crippen LogP contribution in [0, 0.1) is 0 Å². The molecule has 0 radical (unpaired) electrons. The Balaban J connectivity index is 1.85. The van der Waals surface area contributed by atoms with Gasteiger partial charge in [-0.2, -0.15) is 11.8 Å². The molecule has 20 heavy (non-hydrogen) atoms. The van der Waals surface area contributed by atoms with Gasteiger partial charge in [-0.25, -0.2) is 0 Å². The van der Waals surface area contributed by atoms with Gasteiger partial charge in [0, 0.05) is 11.3 Å². The first-order valence-electron chi connectivity index (χ1n) is 8.34. The number of nitrogens with one attached hydrogen (secondary N) is 1. The van der Waals surface area contributed by atoms with Crippen molar-refractivity contribution < 1.29 is 0 Å². The van der Waals surface area contributed by atoms with E-state index in [1.165, 1.54) is 44.3 Å². The van der Waals surface area contributed by atoms with Crippen molar-refractivity contribution in [3.8, 4) is 0 Å². The third-order valence-electron chi connectivity index (χ3n) is 4.89. The van der Waals surface area contributed by atoms with Crippen LogP contribution in [0.3, 0.4) is 0 Å². The van der Waals surface area contributed by atoms with Gasteiger partial charge in [0.15, 0.2) is 0 Å². The molecule has 110 valence electrons. The third-order valence-corrected chi connectivity index (χ3v) is 6.35. The summed E-state index contributed by atoms with van der Waals surface area (Å²) < 4.78 is 0. The molecule has 0 bridgehead atoms. The molecule has 1 nitrogen and oxygen atoms in total. The van der Waals surface area contributed by atoms with Crippen molar-refractivity contribution in [1.82, 2.24) is 5.32 Å². The summed E-state index contributed by atoms with van der Waals surface area (Å²) in [7, 11) is 0. The molecule has 0 spiro atoms. The van der Waals surface area contributed by atoms with E-state index in [1.807, 2.05) is 0 Å². The van der Waals surface area contributed by atoms with E-state index in [9.17, 15) is 0 Å². The zero-order chi connectivity index (χ0) is 13.8. The molecule has 1 heterocycles. The Bertz CT molecular complexity index is 421. The van der Waals surface area contributed by atoms with Crippen LogP contribution in [0.2, 0.25) is 0 Å². The predicted octanol–water partition coefficient (Wildman–Crippen LogP) is 4.89. The van der Waals surface area contributed by atoms with E-state index < -0.39 is 0 Å². The summed E-state index contributed by atoms with van der Waals surface area (Å²) in [6.07, 6.45) is 8.40. The molecule has 0 aromatic heterocycles. The molecule has 2 unspecified atom stereocenters. The fourth-order valence-corrected chi connectivity index (χ4v) is 5.02. The highest BCUT2D eigenvalue weighted by Crippen LogP contribution is 2.42. The van der Waals surface area contributed by atoms with Gasteiger partial charge in [0.2, 0.25) is 0 Å². The lowest BCUT2D eigenvalue weighted by molar-refractivity contribution is 0.408. The van der Waals surface area contributed by atoms with Crippen LogP contribution in [0.4, 0.5) is 0 Å². The molecule has 1 aromatic rings. The highest BCUT2D eigenvalue weighted by Gasteiger charge is 2.29. The molecule has 1 aromatic carbocycles. The fraction of sp³-hybridized carbons (Fsp3) is 0.667. The van der Waals surface area contributed by atoms with E-state index in [1.54, 1.807) is 11.1 Å². The van der Waals surface area contributed by atoms with E-state index in [-0.39, 0.29) is 0 Å². The first-order chi connectivity index (χ1) is 9.90. The number of hydrogen-bond donors (Lipinski definition) is 1. The molecule has 2 aliphatic rings. The van der Waals surface area contributed by atoms with E-state index in [0.717, 1.165) is 17.7 Å². The zero-order valence-electron chi connectivity index (χ0n) is 12.6. The number of hydrogen-bond acceptors (Lipinski definition) is 2. The van der Waals surface area contributed by atoms with E-state index in [0.29, 0.717) is 6.04 Å². The Hall–Kier alpha value is -0.470. The standard InChI is InChI=1S/C18H27NS/c1-2-19-18(17-12-5-6-13-20-17)16-11-4-3-10-15(16)14-8-7-9-14/h3-4,10-11,14,17-19H,2,5-9,12-13H2,1H3. The number of thioether (sulfide) groups is 1. The van der Waals surface area contributed by atoms with Crippen LogP contribution in [0.5, 0.6) is 0 Å². The monoisotopic (exact) mass is 289 g/mol. The minimum absolute atomic E-state index is 0.557. The van der Waals surface area contributed by atoms with Crippen LogP contribution in [-0.2, 0) is 0 Å². The van der Waals surface area contributed by atoms with Crippen molar-refractivity contribution >= 4 is 11.8 Å². The Morgan fingerprint density at radius 2 is 2.00 bits per heavy atom. The quantitative estimate of drug-likeness (QED) is 0.828. The van der Waals surface area contributed by atoms with Gasteiger partial charge in [0.25, 0.3) is 0 Å². The molecule has 2 atom stereocenters. The summed E-state index contributed by atoms with van der Waals surface area (Å²) in [6, 6.07) is 9.79. The van der Waals surface area contributed by atoms with Gasteiger partial charge in [-0.05, 0) is 55.0 Å². The minimum atomic E-state index is 0.557. The van der Waals surface area contributed by atoms with Gasteiger partial charge in [-0.1, -0.05) is 44.0 Å². The number of rotatable bonds is 5. The SMILES string of the molecule is CCNC(c1ccccc1C1CCC1)C1CCCCS1. The lowest BCUT2D eigenvalue weighted by Crippen LogP contribution is -2.33. The average molecular weight is 289 g/mol. The van der Waals surface area contributed by atoms with Crippen molar-refractivity contribution in [3.63, 3.8) is 0 Å². The van der Waals surface area contributed by atoms with Gasteiger partial charge in [0.05, 0.1) is 0 Å². The zero-order valence-corrected chi connectivity index (χ0v) is 13.4. The second-order valence-electron chi connectivity index (χ2n) is 6.20. The number of benzene rings is 1. The molecule has 0 amide bonds. The molecular formula is C18H27NS. The van der Waals surface area contributed by atoms with Crippen molar-refractivity contribution in [2.45, 2.75) is 62.7 Å². The topological polar surface area (TPSA) is 12.0 Å². The smallest absolute Gasteiger partial charge is 0.0443 e. The fourth-order valence-electron chi connectivity index (χ4n) is 3.58. The molecule has 1 saturated heterocycles. The maximum Gasteiger partial charge on any atom is 0.0443 e. The van der Waals surface area contributed by atoms with Gasteiger partial charge in [0.1, 0.15) is 0 Å². The minimum Gasteiger partial charge on any atom is -0.309 e. The molecular weight excluding hydrogens is 262 g/mol. The Morgan fingerprint density at radius 3 is 2.65 bits per heavy atom.